The zero-order valence-electron chi connectivity index (χ0n) is 22.9. The van der Waals surface area contributed by atoms with Crippen molar-refractivity contribution in [2.24, 2.45) is 7.05 Å². The molecule has 0 spiro atoms. The fourth-order valence-electron chi connectivity index (χ4n) is 5.03. The molecule has 1 fully saturated rings. The molecule has 42 heavy (non-hydrogen) atoms. The molecule has 1 saturated heterocycles. The first-order valence-electron chi connectivity index (χ1n) is 13.1. The molecule has 0 bridgehead atoms. The van der Waals surface area contributed by atoms with Crippen molar-refractivity contribution in [1.82, 2.24) is 30.4 Å². The van der Waals surface area contributed by atoms with Crippen LogP contribution in [0.5, 0.6) is 6.01 Å². The molecular formula is C27H28F4N8O3. The molecule has 3 N–H and O–H groups in total. The molecular weight excluding hydrogens is 560 g/mol. The van der Waals surface area contributed by atoms with Crippen LogP contribution in [0.4, 0.5) is 28.9 Å². The maximum Gasteiger partial charge on any atom is 0.471 e. The normalized spacial score (nSPS) is 17.5. The van der Waals surface area contributed by atoms with Gasteiger partial charge in [-0.2, -0.15) is 23.3 Å². The van der Waals surface area contributed by atoms with E-state index in [1.807, 2.05) is 0 Å². The number of carbonyl (C=O) groups is 2. The Morgan fingerprint density at radius 2 is 1.88 bits per heavy atom. The number of rotatable bonds is 7. The van der Waals surface area contributed by atoms with Gasteiger partial charge in [-0.15, -0.1) is 0 Å². The van der Waals surface area contributed by atoms with Crippen LogP contribution in [0.1, 0.15) is 24.2 Å². The van der Waals surface area contributed by atoms with Crippen LogP contribution >= 0.6 is 0 Å². The molecule has 2 aromatic heterocycles. The van der Waals surface area contributed by atoms with Crippen molar-refractivity contribution in [1.29, 1.82) is 0 Å². The molecule has 1 aliphatic heterocycles. The van der Waals surface area contributed by atoms with Crippen LogP contribution < -0.4 is 25.6 Å². The summed E-state index contributed by atoms with van der Waals surface area (Å²) in [7, 11) is 1.66. The number of ether oxygens (including phenoxy) is 1. The molecule has 4 aromatic rings. The molecule has 11 nitrogen and oxygen atoms in total. The van der Waals surface area contributed by atoms with E-state index in [1.54, 1.807) is 36.8 Å². The average molecular weight is 589 g/mol. The van der Waals surface area contributed by atoms with Gasteiger partial charge in [-0.3, -0.25) is 14.3 Å². The molecule has 3 heterocycles. The number of benzene rings is 2. The smallest absolute Gasteiger partial charge is 0.462 e. The van der Waals surface area contributed by atoms with Crippen molar-refractivity contribution >= 4 is 45.0 Å². The minimum atomic E-state index is -5.01. The van der Waals surface area contributed by atoms with Crippen molar-refractivity contribution in [3.05, 3.63) is 48.0 Å². The van der Waals surface area contributed by atoms with Crippen molar-refractivity contribution in [3.63, 3.8) is 0 Å². The fraction of sp³-hybridized carbons (Fsp3) is 0.370. The number of fused-ring (bicyclic) bond motifs is 2. The van der Waals surface area contributed by atoms with Gasteiger partial charge in [0.15, 0.2) is 5.82 Å². The number of aromatic nitrogens is 4. The van der Waals surface area contributed by atoms with Gasteiger partial charge in [-0.25, -0.2) is 9.37 Å². The number of nitrogens with zero attached hydrogens (tertiary/aromatic N) is 5. The van der Waals surface area contributed by atoms with Crippen LogP contribution in [0.25, 0.3) is 21.8 Å². The lowest BCUT2D eigenvalue weighted by Crippen LogP contribution is -2.54. The first-order chi connectivity index (χ1) is 19.9. The Kier molecular flexibility index (Phi) is 7.86. The number of anilines is 2. The monoisotopic (exact) mass is 588 g/mol. The molecule has 2 atom stereocenters. The summed E-state index contributed by atoms with van der Waals surface area (Å²) in [5.41, 5.74) is 1.55. The number of alkyl halides is 3. The van der Waals surface area contributed by atoms with Crippen LogP contribution in [0.2, 0.25) is 0 Å². The van der Waals surface area contributed by atoms with Gasteiger partial charge < -0.3 is 25.6 Å². The molecule has 5 rings (SSSR count). The van der Waals surface area contributed by atoms with Crippen LogP contribution in [0.3, 0.4) is 0 Å². The summed E-state index contributed by atoms with van der Waals surface area (Å²) in [5.74, 6) is -3.26. The molecule has 15 heteroatoms. The predicted octanol–water partition coefficient (Wildman–Crippen LogP) is 3.15. The lowest BCUT2D eigenvalue weighted by molar-refractivity contribution is -0.173. The minimum Gasteiger partial charge on any atom is -0.462 e. The summed E-state index contributed by atoms with van der Waals surface area (Å²) < 4.78 is 58.8. The Hall–Kier alpha value is -4.53. The third-order valence-corrected chi connectivity index (χ3v) is 6.66. The highest BCUT2D eigenvalue weighted by Crippen LogP contribution is 2.31. The summed E-state index contributed by atoms with van der Waals surface area (Å²) >= 11 is 0. The van der Waals surface area contributed by atoms with Gasteiger partial charge in [-0.05, 0) is 38.1 Å². The van der Waals surface area contributed by atoms with E-state index in [9.17, 15) is 27.2 Å². The third kappa shape index (κ3) is 6.20. The Balaban J connectivity index is 1.45. The molecule has 2 amide bonds. The highest BCUT2D eigenvalue weighted by atomic mass is 19.4. The summed E-state index contributed by atoms with van der Waals surface area (Å²) in [6.07, 6.45) is -1.90. The molecule has 1 aliphatic rings. The van der Waals surface area contributed by atoms with E-state index in [-0.39, 0.29) is 47.0 Å². The van der Waals surface area contributed by atoms with Gasteiger partial charge in [0.2, 0.25) is 0 Å². The summed E-state index contributed by atoms with van der Waals surface area (Å²) in [5, 5.41) is 13.0. The van der Waals surface area contributed by atoms with Gasteiger partial charge in [0.25, 0.3) is 5.91 Å². The van der Waals surface area contributed by atoms with Crippen LogP contribution in [0, 0.1) is 5.82 Å². The van der Waals surface area contributed by atoms with Gasteiger partial charge in [0, 0.05) is 66.8 Å². The lowest BCUT2D eigenvalue weighted by Gasteiger charge is -2.38. The fourth-order valence-corrected chi connectivity index (χ4v) is 5.03. The van der Waals surface area contributed by atoms with E-state index in [0.29, 0.717) is 23.9 Å². The van der Waals surface area contributed by atoms with Crippen LogP contribution in [0.15, 0.2) is 36.7 Å². The second-order valence-corrected chi connectivity index (χ2v) is 10.2. The second kappa shape index (κ2) is 11.4. The molecule has 2 aromatic carbocycles. The quantitative estimate of drug-likeness (QED) is 0.222. The van der Waals surface area contributed by atoms with Crippen molar-refractivity contribution < 1.29 is 31.9 Å². The van der Waals surface area contributed by atoms with Crippen molar-refractivity contribution in [2.45, 2.75) is 32.1 Å². The second-order valence-electron chi connectivity index (χ2n) is 10.2. The largest absolute Gasteiger partial charge is 0.471 e. The van der Waals surface area contributed by atoms with E-state index < -0.39 is 30.4 Å². The summed E-state index contributed by atoms with van der Waals surface area (Å²) in [6.45, 7) is 4.71. The number of carbonyl (C=O) groups excluding carboxylic acids is 2. The standard InChI is InChI=1S/C27H28F4N8O3/c1-14-11-39(12-15(2)34-14)21-5-4-18(24(40)35-17-8-16-13-38(3)37-22(16)20(28)9-17)23-19(21)10-33-26(36-23)42-7-6-32-25(41)27(29,30)31/h4-5,8-10,13-15,34H,6-7,11-12H2,1-3H3,(H,32,41)(H,35,40). The van der Waals surface area contributed by atoms with Crippen molar-refractivity contribution in [2.75, 3.05) is 36.5 Å². The van der Waals surface area contributed by atoms with Gasteiger partial charge in [-0.1, -0.05) is 0 Å². The number of aryl methyl sites for hydroxylation is 1. The molecule has 0 radical (unpaired) electrons. The minimum absolute atomic E-state index is 0.147. The molecule has 0 aliphatic carbocycles. The summed E-state index contributed by atoms with van der Waals surface area (Å²) in [6, 6.07) is 6.36. The zero-order valence-corrected chi connectivity index (χ0v) is 22.9. The van der Waals surface area contributed by atoms with Crippen LogP contribution in [-0.2, 0) is 11.8 Å². The van der Waals surface area contributed by atoms with Crippen LogP contribution in [-0.4, -0.2) is 76.1 Å². The Morgan fingerprint density at radius 1 is 1.14 bits per heavy atom. The Morgan fingerprint density at radius 3 is 2.60 bits per heavy atom. The number of piperazine rings is 1. The van der Waals surface area contributed by atoms with Gasteiger partial charge in [0.1, 0.15) is 12.1 Å². The topological polar surface area (TPSA) is 126 Å². The SMILES string of the molecule is CC1CN(c2ccc(C(=O)Nc3cc(F)c4nn(C)cc4c3)c3nc(OCCNC(=O)C(F)(F)F)ncc23)CC(C)N1. The molecule has 2 unspecified atom stereocenters. The van der Waals surface area contributed by atoms with E-state index in [0.717, 1.165) is 5.69 Å². The first kappa shape index (κ1) is 29.0. The van der Waals surface area contributed by atoms with Gasteiger partial charge in [0.05, 0.1) is 17.6 Å². The number of hydrogen-bond donors (Lipinski definition) is 3. The first-order valence-corrected chi connectivity index (χ1v) is 13.1. The number of halogens is 4. The van der Waals surface area contributed by atoms with E-state index >= 15 is 0 Å². The highest BCUT2D eigenvalue weighted by Gasteiger charge is 2.38. The number of amides is 2. The Bertz CT molecular complexity index is 1650. The Labute approximate surface area is 237 Å². The lowest BCUT2D eigenvalue weighted by atomic mass is 10.0. The predicted molar refractivity (Wildman–Crippen MR) is 147 cm³/mol. The average Bonchev–Trinajstić information content (AvgIpc) is 3.29. The maximum absolute atomic E-state index is 14.6. The highest BCUT2D eigenvalue weighted by molar-refractivity contribution is 6.14. The van der Waals surface area contributed by atoms with Gasteiger partial charge >= 0.3 is 18.1 Å². The van der Waals surface area contributed by atoms with E-state index in [2.05, 4.69) is 44.4 Å². The third-order valence-electron chi connectivity index (χ3n) is 6.66. The maximum atomic E-state index is 14.6. The van der Waals surface area contributed by atoms with E-state index in [4.69, 9.17) is 4.74 Å². The molecule has 0 saturated carbocycles. The number of nitrogens with one attached hydrogen (secondary N) is 3. The summed E-state index contributed by atoms with van der Waals surface area (Å²) in [4.78, 5) is 35.3. The van der Waals surface area contributed by atoms with E-state index in [1.165, 1.54) is 16.9 Å². The molecule has 222 valence electrons. The zero-order chi connectivity index (χ0) is 30.2. The number of hydrogen-bond acceptors (Lipinski definition) is 8. The van der Waals surface area contributed by atoms with Crippen molar-refractivity contribution in [3.8, 4) is 6.01 Å².